The van der Waals surface area contributed by atoms with Crippen LogP contribution in [0.5, 0.6) is 0 Å². The molecule has 1 aromatic carbocycles. The van der Waals surface area contributed by atoms with Crippen molar-refractivity contribution in [1.82, 2.24) is 4.90 Å². The van der Waals surface area contributed by atoms with E-state index in [9.17, 15) is 18.0 Å². The van der Waals surface area contributed by atoms with Gasteiger partial charge >= 0.3 is 6.18 Å². The fraction of sp³-hybridized carbons (Fsp3) is 0.417. The Balaban J connectivity index is 3.02. The SMILES string of the molecule is Cc1cccc(C(=O)N(CCO)CC(F)(F)F)c1Cl. The molecule has 0 bridgehead atoms. The third-order valence-electron chi connectivity index (χ3n) is 2.45. The first-order chi connectivity index (χ1) is 8.76. The lowest BCUT2D eigenvalue weighted by Gasteiger charge is -2.23. The van der Waals surface area contributed by atoms with Gasteiger partial charge in [0.05, 0.1) is 17.2 Å². The molecule has 1 aromatic rings. The predicted molar refractivity (Wildman–Crippen MR) is 65.2 cm³/mol. The number of halogens is 4. The first kappa shape index (κ1) is 15.8. The monoisotopic (exact) mass is 295 g/mol. The Labute approximate surface area is 113 Å². The number of hydrogen-bond donors (Lipinski definition) is 1. The van der Waals surface area contributed by atoms with Gasteiger partial charge in [0.1, 0.15) is 6.54 Å². The number of amides is 1. The first-order valence-corrected chi connectivity index (χ1v) is 5.86. The van der Waals surface area contributed by atoms with Crippen LogP contribution in [0.4, 0.5) is 13.2 Å². The van der Waals surface area contributed by atoms with Gasteiger partial charge in [0.25, 0.3) is 5.91 Å². The number of aliphatic hydroxyl groups excluding tert-OH is 1. The van der Waals surface area contributed by atoms with Crippen molar-refractivity contribution in [2.45, 2.75) is 13.1 Å². The van der Waals surface area contributed by atoms with Gasteiger partial charge in [-0.3, -0.25) is 4.79 Å². The molecule has 0 unspecified atom stereocenters. The molecule has 0 saturated heterocycles. The van der Waals surface area contributed by atoms with Gasteiger partial charge in [-0.15, -0.1) is 0 Å². The van der Waals surface area contributed by atoms with Crippen LogP contribution in [-0.2, 0) is 0 Å². The lowest BCUT2D eigenvalue weighted by Crippen LogP contribution is -2.40. The van der Waals surface area contributed by atoms with E-state index in [1.807, 2.05) is 0 Å². The summed E-state index contributed by atoms with van der Waals surface area (Å²) in [6, 6.07) is 4.55. The maximum Gasteiger partial charge on any atom is 0.406 e. The van der Waals surface area contributed by atoms with Gasteiger partial charge in [-0.2, -0.15) is 13.2 Å². The maximum absolute atomic E-state index is 12.4. The zero-order chi connectivity index (χ0) is 14.6. The second kappa shape index (κ2) is 6.25. The van der Waals surface area contributed by atoms with Crippen molar-refractivity contribution in [3.63, 3.8) is 0 Å². The van der Waals surface area contributed by atoms with E-state index in [4.69, 9.17) is 16.7 Å². The molecule has 1 rings (SSSR count). The van der Waals surface area contributed by atoms with Crippen LogP contribution in [-0.4, -0.2) is 41.8 Å². The Hall–Kier alpha value is -1.27. The Morgan fingerprint density at radius 2 is 2.05 bits per heavy atom. The van der Waals surface area contributed by atoms with Crippen LogP contribution in [0.15, 0.2) is 18.2 Å². The third-order valence-corrected chi connectivity index (χ3v) is 2.95. The summed E-state index contributed by atoms with van der Waals surface area (Å²) in [6.07, 6.45) is -4.53. The van der Waals surface area contributed by atoms with Crippen molar-refractivity contribution >= 4 is 17.5 Å². The standard InChI is InChI=1S/C12H13ClF3NO2/c1-8-3-2-4-9(10(8)13)11(19)17(5-6-18)7-12(14,15)16/h2-4,18H,5-7H2,1H3. The minimum absolute atomic E-state index is 0.000586. The lowest BCUT2D eigenvalue weighted by molar-refractivity contribution is -0.141. The van der Waals surface area contributed by atoms with E-state index in [0.717, 1.165) is 0 Å². The van der Waals surface area contributed by atoms with Crippen LogP contribution >= 0.6 is 11.6 Å². The van der Waals surface area contributed by atoms with Gasteiger partial charge in [-0.05, 0) is 18.6 Å². The third kappa shape index (κ3) is 4.40. The molecular formula is C12H13ClF3NO2. The van der Waals surface area contributed by atoms with Gasteiger partial charge < -0.3 is 10.0 Å². The highest BCUT2D eigenvalue weighted by Crippen LogP contribution is 2.23. The number of alkyl halides is 3. The summed E-state index contributed by atoms with van der Waals surface area (Å²) >= 11 is 5.91. The number of aryl methyl sites for hydroxylation is 1. The molecule has 106 valence electrons. The summed E-state index contributed by atoms with van der Waals surface area (Å²) in [5, 5.41) is 8.88. The molecule has 3 nitrogen and oxygen atoms in total. The van der Waals surface area contributed by atoms with Crippen LogP contribution in [0.3, 0.4) is 0 Å². The minimum Gasteiger partial charge on any atom is -0.395 e. The molecule has 0 aromatic heterocycles. The Morgan fingerprint density at radius 1 is 1.42 bits per heavy atom. The topological polar surface area (TPSA) is 40.5 Å². The summed E-state index contributed by atoms with van der Waals surface area (Å²) < 4.78 is 37.1. The Kier molecular flexibility index (Phi) is 5.20. The van der Waals surface area contributed by atoms with Crippen molar-refractivity contribution in [3.05, 3.63) is 34.3 Å². The molecule has 0 aliphatic heterocycles. The van der Waals surface area contributed by atoms with E-state index in [0.29, 0.717) is 10.5 Å². The second-order valence-electron chi connectivity index (χ2n) is 4.00. The molecule has 0 aliphatic carbocycles. The fourth-order valence-corrected chi connectivity index (χ4v) is 1.78. The molecular weight excluding hydrogens is 283 g/mol. The van der Waals surface area contributed by atoms with Crippen LogP contribution in [0.2, 0.25) is 5.02 Å². The summed E-state index contributed by atoms with van der Waals surface area (Å²) in [5.41, 5.74) is 0.600. The van der Waals surface area contributed by atoms with Crippen molar-refractivity contribution in [2.75, 3.05) is 19.7 Å². The normalized spacial score (nSPS) is 11.5. The molecule has 1 amide bonds. The lowest BCUT2D eigenvalue weighted by atomic mass is 10.1. The average molecular weight is 296 g/mol. The molecule has 7 heteroatoms. The highest BCUT2D eigenvalue weighted by molar-refractivity contribution is 6.34. The number of rotatable bonds is 4. The number of carbonyl (C=O) groups is 1. The second-order valence-corrected chi connectivity index (χ2v) is 4.38. The zero-order valence-electron chi connectivity index (χ0n) is 10.2. The summed E-state index contributed by atoms with van der Waals surface area (Å²) in [5.74, 6) is -0.847. The summed E-state index contributed by atoms with van der Waals surface area (Å²) in [7, 11) is 0. The van der Waals surface area contributed by atoms with Crippen molar-refractivity contribution in [2.24, 2.45) is 0 Å². The number of hydrogen-bond acceptors (Lipinski definition) is 2. The maximum atomic E-state index is 12.4. The highest BCUT2D eigenvalue weighted by atomic mass is 35.5. The first-order valence-electron chi connectivity index (χ1n) is 5.48. The molecule has 0 atom stereocenters. The molecule has 0 heterocycles. The summed E-state index contributed by atoms with van der Waals surface area (Å²) in [4.78, 5) is 12.5. The summed E-state index contributed by atoms with van der Waals surface area (Å²) in [6.45, 7) is -0.718. The van der Waals surface area contributed by atoms with E-state index in [1.54, 1.807) is 19.1 Å². The van der Waals surface area contributed by atoms with Crippen molar-refractivity contribution in [1.29, 1.82) is 0 Å². The minimum atomic E-state index is -4.53. The average Bonchev–Trinajstić information content (AvgIpc) is 2.30. The quantitative estimate of drug-likeness (QED) is 0.928. The number of aliphatic hydroxyl groups is 1. The van der Waals surface area contributed by atoms with Crippen molar-refractivity contribution < 1.29 is 23.1 Å². The molecule has 0 fully saturated rings. The zero-order valence-corrected chi connectivity index (χ0v) is 10.9. The predicted octanol–water partition coefficient (Wildman–Crippen LogP) is 2.65. The van der Waals surface area contributed by atoms with E-state index < -0.39 is 31.8 Å². The molecule has 0 spiro atoms. The Bertz CT molecular complexity index is 463. The van der Waals surface area contributed by atoms with Gasteiger partial charge in [-0.1, -0.05) is 23.7 Å². The fourth-order valence-electron chi connectivity index (χ4n) is 1.57. The van der Waals surface area contributed by atoms with Crippen LogP contribution in [0.1, 0.15) is 15.9 Å². The van der Waals surface area contributed by atoms with Crippen LogP contribution < -0.4 is 0 Å². The molecule has 0 radical (unpaired) electrons. The molecule has 0 saturated carbocycles. The Morgan fingerprint density at radius 3 is 2.58 bits per heavy atom. The van der Waals surface area contributed by atoms with E-state index in [2.05, 4.69) is 0 Å². The molecule has 1 N–H and O–H groups in total. The number of nitrogens with zero attached hydrogens (tertiary/aromatic N) is 1. The van der Waals surface area contributed by atoms with Gasteiger partial charge in [-0.25, -0.2) is 0 Å². The smallest absolute Gasteiger partial charge is 0.395 e. The van der Waals surface area contributed by atoms with E-state index >= 15 is 0 Å². The van der Waals surface area contributed by atoms with E-state index in [-0.39, 0.29) is 10.6 Å². The van der Waals surface area contributed by atoms with Crippen molar-refractivity contribution in [3.8, 4) is 0 Å². The number of benzene rings is 1. The van der Waals surface area contributed by atoms with E-state index in [1.165, 1.54) is 6.07 Å². The van der Waals surface area contributed by atoms with Gasteiger partial charge in [0.2, 0.25) is 0 Å². The number of carbonyl (C=O) groups excluding carboxylic acids is 1. The van der Waals surface area contributed by atoms with Crippen LogP contribution in [0.25, 0.3) is 0 Å². The largest absolute Gasteiger partial charge is 0.406 e. The van der Waals surface area contributed by atoms with Crippen LogP contribution in [0, 0.1) is 6.92 Å². The van der Waals surface area contributed by atoms with Gasteiger partial charge in [0, 0.05) is 6.54 Å². The molecule has 19 heavy (non-hydrogen) atoms. The highest BCUT2D eigenvalue weighted by Gasteiger charge is 2.33. The van der Waals surface area contributed by atoms with Gasteiger partial charge in [0.15, 0.2) is 0 Å². The molecule has 0 aliphatic rings.